The molecule has 0 aliphatic carbocycles. The number of alkyl halides is 3. The Labute approximate surface area is 129 Å². The highest BCUT2D eigenvalue weighted by Gasteiger charge is 2.34. The third kappa shape index (κ3) is 3.41. The molecule has 0 amide bonds. The first kappa shape index (κ1) is 15.3. The van der Waals surface area contributed by atoms with E-state index in [2.05, 4.69) is 15.0 Å². The van der Waals surface area contributed by atoms with Crippen molar-refractivity contribution in [3.05, 3.63) is 29.0 Å². The quantitative estimate of drug-likeness (QED) is 0.939. The third-order valence-corrected chi connectivity index (χ3v) is 4.59. The van der Waals surface area contributed by atoms with Crippen LogP contribution in [0.2, 0.25) is 0 Å². The van der Waals surface area contributed by atoms with Crippen LogP contribution < -0.4 is 5.73 Å². The van der Waals surface area contributed by atoms with E-state index in [-0.39, 0.29) is 6.04 Å². The molecule has 2 N–H and O–H groups in total. The van der Waals surface area contributed by atoms with Crippen molar-refractivity contribution in [3.8, 4) is 0 Å². The first-order valence-corrected chi connectivity index (χ1v) is 7.78. The summed E-state index contributed by atoms with van der Waals surface area (Å²) in [5, 5.41) is 4.22. The van der Waals surface area contributed by atoms with E-state index in [1.54, 1.807) is 6.20 Å². The average Bonchev–Trinajstić information content (AvgIpc) is 3.08. The third-order valence-electron chi connectivity index (χ3n) is 3.78. The van der Waals surface area contributed by atoms with Gasteiger partial charge in [-0.1, -0.05) is 0 Å². The Kier molecular flexibility index (Phi) is 4.09. The molecule has 0 unspecified atom stereocenters. The maximum Gasteiger partial charge on any atom is 0.435 e. The Balaban J connectivity index is 1.56. The van der Waals surface area contributed by atoms with E-state index in [0.717, 1.165) is 43.4 Å². The summed E-state index contributed by atoms with van der Waals surface area (Å²) in [5.41, 5.74) is 4.78. The van der Waals surface area contributed by atoms with Crippen molar-refractivity contribution in [2.75, 3.05) is 18.8 Å². The molecular formula is C13H16F3N5S. The van der Waals surface area contributed by atoms with Crippen LogP contribution in [0.25, 0.3) is 0 Å². The fraction of sp³-hybridized carbons (Fsp3) is 0.538. The van der Waals surface area contributed by atoms with E-state index >= 15 is 0 Å². The molecule has 0 spiro atoms. The summed E-state index contributed by atoms with van der Waals surface area (Å²) in [7, 11) is 0. The van der Waals surface area contributed by atoms with Crippen LogP contribution in [-0.2, 0) is 12.7 Å². The number of anilines is 1. The van der Waals surface area contributed by atoms with Gasteiger partial charge in [-0.15, -0.1) is 11.3 Å². The average molecular weight is 331 g/mol. The minimum atomic E-state index is -4.38. The van der Waals surface area contributed by atoms with Crippen molar-refractivity contribution >= 4 is 16.5 Å². The van der Waals surface area contributed by atoms with Gasteiger partial charge in [0.25, 0.3) is 0 Å². The predicted octanol–water partition coefficient (Wildman–Crippen LogP) is 2.78. The molecule has 120 valence electrons. The van der Waals surface area contributed by atoms with Crippen LogP contribution in [-0.4, -0.2) is 32.8 Å². The molecule has 0 aromatic carbocycles. The number of rotatable bonds is 3. The summed E-state index contributed by atoms with van der Waals surface area (Å²) in [5.74, 6) is 0. The van der Waals surface area contributed by atoms with Crippen LogP contribution in [0, 0.1) is 0 Å². The van der Waals surface area contributed by atoms with Crippen molar-refractivity contribution < 1.29 is 13.2 Å². The lowest BCUT2D eigenvalue weighted by Crippen LogP contribution is -2.34. The van der Waals surface area contributed by atoms with Gasteiger partial charge in [0.1, 0.15) is 0 Å². The maximum absolute atomic E-state index is 12.6. The maximum atomic E-state index is 12.6. The molecule has 9 heteroatoms. The molecule has 22 heavy (non-hydrogen) atoms. The van der Waals surface area contributed by atoms with Gasteiger partial charge >= 0.3 is 6.18 Å². The number of piperidine rings is 1. The fourth-order valence-electron chi connectivity index (χ4n) is 2.65. The lowest BCUT2D eigenvalue weighted by molar-refractivity contribution is -0.141. The highest BCUT2D eigenvalue weighted by molar-refractivity contribution is 7.15. The lowest BCUT2D eigenvalue weighted by atomic mass is 10.1. The largest absolute Gasteiger partial charge is 0.435 e. The number of hydrogen-bond donors (Lipinski definition) is 1. The SMILES string of the molecule is Nc1ncc(CN2CCC(n3ccc(C(F)(F)F)n3)CC2)s1. The molecule has 0 radical (unpaired) electrons. The normalized spacial score (nSPS) is 18.0. The van der Waals surface area contributed by atoms with Gasteiger partial charge in [-0.3, -0.25) is 9.58 Å². The van der Waals surface area contributed by atoms with E-state index in [1.807, 2.05) is 0 Å². The zero-order chi connectivity index (χ0) is 15.7. The Morgan fingerprint density at radius 2 is 2.05 bits per heavy atom. The number of thiazole rings is 1. The summed E-state index contributed by atoms with van der Waals surface area (Å²) in [4.78, 5) is 7.39. The number of likely N-dealkylation sites (tertiary alicyclic amines) is 1. The van der Waals surface area contributed by atoms with Gasteiger partial charge in [0.15, 0.2) is 10.8 Å². The van der Waals surface area contributed by atoms with Gasteiger partial charge in [-0.2, -0.15) is 18.3 Å². The van der Waals surface area contributed by atoms with Crippen LogP contribution in [0.4, 0.5) is 18.3 Å². The van der Waals surface area contributed by atoms with E-state index < -0.39 is 11.9 Å². The van der Waals surface area contributed by atoms with Gasteiger partial charge in [-0.25, -0.2) is 4.98 Å². The Morgan fingerprint density at radius 3 is 2.59 bits per heavy atom. The Bertz CT molecular complexity index is 628. The number of nitrogen functional groups attached to an aromatic ring is 1. The molecule has 1 aliphatic heterocycles. The van der Waals surface area contributed by atoms with Crippen LogP contribution >= 0.6 is 11.3 Å². The second-order valence-corrected chi connectivity index (χ2v) is 6.50. The van der Waals surface area contributed by atoms with E-state index in [9.17, 15) is 13.2 Å². The monoisotopic (exact) mass is 331 g/mol. The minimum Gasteiger partial charge on any atom is -0.375 e. The second-order valence-electron chi connectivity index (χ2n) is 5.35. The smallest absolute Gasteiger partial charge is 0.375 e. The Morgan fingerprint density at radius 1 is 1.32 bits per heavy atom. The number of nitrogens with zero attached hydrogens (tertiary/aromatic N) is 4. The van der Waals surface area contributed by atoms with Crippen molar-refractivity contribution in [1.82, 2.24) is 19.7 Å². The molecule has 1 aliphatic rings. The van der Waals surface area contributed by atoms with Crippen molar-refractivity contribution in [1.29, 1.82) is 0 Å². The van der Waals surface area contributed by atoms with Gasteiger partial charge in [-0.05, 0) is 18.9 Å². The molecule has 0 bridgehead atoms. The summed E-state index contributed by atoms with van der Waals surface area (Å²) in [6.07, 6.45) is 0.390. The number of hydrogen-bond acceptors (Lipinski definition) is 5. The van der Waals surface area contributed by atoms with Crippen LogP contribution in [0.1, 0.15) is 29.5 Å². The summed E-state index contributed by atoms with van der Waals surface area (Å²) in [6.45, 7) is 2.43. The number of aromatic nitrogens is 3. The Hall–Kier alpha value is -1.61. The molecule has 5 nitrogen and oxygen atoms in total. The van der Waals surface area contributed by atoms with E-state index in [0.29, 0.717) is 5.13 Å². The first-order chi connectivity index (χ1) is 10.4. The predicted molar refractivity (Wildman–Crippen MR) is 77.3 cm³/mol. The summed E-state index contributed by atoms with van der Waals surface area (Å²) < 4.78 is 39.2. The number of nitrogens with two attached hydrogens (primary N) is 1. The molecule has 1 fully saturated rings. The zero-order valence-electron chi connectivity index (χ0n) is 11.8. The minimum absolute atomic E-state index is 0.0267. The topological polar surface area (TPSA) is 60.0 Å². The van der Waals surface area contributed by atoms with Crippen molar-refractivity contribution in [2.45, 2.75) is 31.6 Å². The van der Waals surface area contributed by atoms with Crippen LogP contribution in [0.3, 0.4) is 0 Å². The van der Waals surface area contributed by atoms with Gasteiger partial charge in [0, 0.05) is 36.9 Å². The molecule has 3 rings (SSSR count). The fourth-order valence-corrected chi connectivity index (χ4v) is 3.38. The van der Waals surface area contributed by atoms with E-state index in [4.69, 9.17) is 5.73 Å². The molecule has 2 aromatic heterocycles. The van der Waals surface area contributed by atoms with E-state index in [1.165, 1.54) is 22.2 Å². The van der Waals surface area contributed by atoms with Crippen LogP contribution in [0.5, 0.6) is 0 Å². The summed E-state index contributed by atoms with van der Waals surface area (Å²) >= 11 is 1.47. The van der Waals surface area contributed by atoms with Crippen molar-refractivity contribution in [2.24, 2.45) is 0 Å². The first-order valence-electron chi connectivity index (χ1n) is 6.97. The highest BCUT2D eigenvalue weighted by atomic mass is 32.1. The highest BCUT2D eigenvalue weighted by Crippen LogP contribution is 2.30. The van der Waals surface area contributed by atoms with Gasteiger partial charge in [0.2, 0.25) is 0 Å². The zero-order valence-corrected chi connectivity index (χ0v) is 12.6. The molecule has 3 heterocycles. The molecule has 2 aromatic rings. The molecule has 1 saturated heterocycles. The van der Waals surface area contributed by atoms with Crippen LogP contribution in [0.15, 0.2) is 18.5 Å². The lowest BCUT2D eigenvalue weighted by Gasteiger charge is -2.31. The number of halogens is 3. The molecular weight excluding hydrogens is 315 g/mol. The summed E-state index contributed by atoms with van der Waals surface area (Å²) in [6, 6.07) is 1.06. The second kappa shape index (κ2) is 5.88. The van der Waals surface area contributed by atoms with Crippen molar-refractivity contribution in [3.63, 3.8) is 0 Å². The van der Waals surface area contributed by atoms with Gasteiger partial charge < -0.3 is 5.73 Å². The molecule has 0 saturated carbocycles. The molecule has 0 atom stereocenters. The standard InChI is InChI=1S/C13H16F3N5S/c14-13(15,16)11-3-6-21(19-11)9-1-4-20(5-2-9)8-10-7-18-12(17)22-10/h3,6-7,9H,1-2,4-5,8H2,(H2,17,18). The van der Waals surface area contributed by atoms with Gasteiger partial charge in [0.05, 0.1) is 6.04 Å².